The summed E-state index contributed by atoms with van der Waals surface area (Å²) in [6.07, 6.45) is 0. The van der Waals surface area contributed by atoms with E-state index in [4.69, 9.17) is 0 Å². The highest BCUT2D eigenvalue weighted by molar-refractivity contribution is 5.39. The van der Waals surface area contributed by atoms with E-state index in [1.807, 2.05) is 19.1 Å². The van der Waals surface area contributed by atoms with Crippen molar-refractivity contribution in [2.24, 2.45) is 0 Å². The van der Waals surface area contributed by atoms with Crippen LogP contribution in [-0.4, -0.2) is 14.7 Å². The molecule has 1 aromatic heterocycles. The number of hydrogen-bond acceptors (Lipinski definition) is 3. The van der Waals surface area contributed by atoms with E-state index in [0.29, 0.717) is 5.69 Å². The molecular formula is C12H12N2O3. The molecule has 1 aromatic carbocycles. The number of aromatic hydroxyl groups is 1. The summed E-state index contributed by atoms with van der Waals surface area (Å²) in [6, 6.07) is 7.05. The van der Waals surface area contributed by atoms with Crippen LogP contribution < -0.4 is 11.2 Å². The van der Waals surface area contributed by atoms with Gasteiger partial charge < -0.3 is 5.11 Å². The predicted octanol–water partition coefficient (Wildman–Crippen LogP) is 0.848. The van der Waals surface area contributed by atoms with E-state index in [-0.39, 0.29) is 11.4 Å². The number of nitrogens with one attached hydrogen (secondary N) is 1. The molecular weight excluding hydrogens is 220 g/mol. The zero-order valence-electron chi connectivity index (χ0n) is 9.52. The van der Waals surface area contributed by atoms with Crippen LogP contribution in [0.5, 0.6) is 5.88 Å². The molecule has 0 aliphatic heterocycles. The number of aromatic nitrogens is 2. The molecule has 0 saturated heterocycles. The van der Waals surface area contributed by atoms with Crippen LogP contribution in [0.4, 0.5) is 0 Å². The minimum Gasteiger partial charge on any atom is -0.494 e. The van der Waals surface area contributed by atoms with Crippen molar-refractivity contribution < 1.29 is 5.11 Å². The highest BCUT2D eigenvalue weighted by Crippen LogP contribution is 2.15. The van der Waals surface area contributed by atoms with Gasteiger partial charge in [0.25, 0.3) is 5.56 Å². The Morgan fingerprint density at radius 3 is 2.29 bits per heavy atom. The molecule has 0 atom stereocenters. The first-order valence-corrected chi connectivity index (χ1v) is 5.12. The molecule has 2 rings (SSSR count). The second-order valence-corrected chi connectivity index (χ2v) is 3.88. The van der Waals surface area contributed by atoms with E-state index < -0.39 is 11.2 Å². The molecule has 0 bridgehead atoms. The van der Waals surface area contributed by atoms with Crippen LogP contribution in [0.3, 0.4) is 0 Å². The van der Waals surface area contributed by atoms with E-state index in [2.05, 4.69) is 4.98 Å². The lowest BCUT2D eigenvalue weighted by Gasteiger charge is -2.09. The summed E-state index contributed by atoms with van der Waals surface area (Å²) in [4.78, 5) is 25.1. The second-order valence-electron chi connectivity index (χ2n) is 3.88. The lowest BCUT2D eigenvalue weighted by atomic mass is 10.2. The molecule has 2 aromatic rings. The minimum absolute atomic E-state index is 0.116. The van der Waals surface area contributed by atoms with Crippen molar-refractivity contribution in [2.45, 2.75) is 13.8 Å². The summed E-state index contributed by atoms with van der Waals surface area (Å²) >= 11 is 0. The topological polar surface area (TPSA) is 75.1 Å². The Kier molecular flexibility index (Phi) is 2.59. The van der Waals surface area contributed by atoms with E-state index in [1.54, 1.807) is 12.1 Å². The van der Waals surface area contributed by atoms with Crippen molar-refractivity contribution >= 4 is 0 Å². The van der Waals surface area contributed by atoms with Gasteiger partial charge in [0.15, 0.2) is 0 Å². The predicted molar refractivity (Wildman–Crippen MR) is 63.8 cm³/mol. The van der Waals surface area contributed by atoms with Gasteiger partial charge in [-0.1, -0.05) is 17.7 Å². The third-order valence-corrected chi connectivity index (χ3v) is 2.60. The first kappa shape index (κ1) is 11.2. The maximum Gasteiger partial charge on any atom is 0.335 e. The Morgan fingerprint density at radius 1 is 1.12 bits per heavy atom. The van der Waals surface area contributed by atoms with Gasteiger partial charge in [0.2, 0.25) is 5.88 Å². The van der Waals surface area contributed by atoms with Crippen LogP contribution in [0.25, 0.3) is 5.69 Å². The Bertz CT molecular complexity index is 666. The van der Waals surface area contributed by atoms with Gasteiger partial charge in [0.05, 0.1) is 11.3 Å². The molecule has 17 heavy (non-hydrogen) atoms. The van der Waals surface area contributed by atoms with E-state index in [9.17, 15) is 14.7 Å². The lowest BCUT2D eigenvalue weighted by Crippen LogP contribution is -2.30. The number of H-pyrrole nitrogens is 1. The van der Waals surface area contributed by atoms with Crippen molar-refractivity contribution in [3.8, 4) is 11.6 Å². The molecule has 0 saturated carbocycles. The van der Waals surface area contributed by atoms with Crippen LogP contribution in [0.15, 0.2) is 33.9 Å². The number of nitrogens with zero attached hydrogens (tertiary/aromatic N) is 1. The van der Waals surface area contributed by atoms with Gasteiger partial charge in [-0.15, -0.1) is 0 Å². The fourth-order valence-electron chi connectivity index (χ4n) is 1.55. The fourth-order valence-corrected chi connectivity index (χ4v) is 1.55. The Morgan fingerprint density at radius 2 is 1.71 bits per heavy atom. The molecule has 5 heteroatoms. The molecule has 0 aliphatic rings. The SMILES string of the molecule is Cc1ccc(-n2c(O)c(C)c(=O)[nH]c2=O)cc1. The molecule has 5 nitrogen and oxygen atoms in total. The van der Waals surface area contributed by atoms with Gasteiger partial charge in [-0.2, -0.15) is 0 Å². The summed E-state index contributed by atoms with van der Waals surface area (Å²) in [5.41, 5.74) is 0.447. The summed E-state index contributed by atoms with van der Waals surface area (Å²) in [7, 11) is 0. The largest absolute Gasteiger partial charge is 0.494 e. The molecule has 1 heterocycles. The summed E-state index contributed by atoms with van der Waals surface area (Å²) in [5, 5.41) is 9.82. The normalized spacial score (nSPS) is 10.5. The number of aryl methyl sites for hydroxylation is 1. The molecule has 0 radical (unpaired) electrons. The highest BCUT2D eigenvalue weighted by Gasteiger charge is 2.11. The summed E-state index contributed by atoms with van der Waals surface area (Å²) in [5.74, 6) is -0.331. The molecule has 0 unspecified atom stereocenters. The van der Waals surface area contributed by atoms with Crippen LogP contribution >= 0.6 is 0 Å². The van der Waals surface area contributed by atoms with Gasteiger partial charge in [-0.3, -0.25) is 9.78 Å². The van der Waals surface area contributed by atoms with E-state index in [0.717, 1.165) is 10.1 Å². The minimum atomic E-state index is -0.651. The van der Waals surface area contributed by atoms with E-state index in [1.165, 1.54) is 6.92 Å². The van der Waals surface area contributed by atoms with Gasteiger partial charge >= 0.3 is 5.69 Å². The van der Waals surface area contributed by atoms with Crippen LogP contribution in [0.1, 0.15) is 11.1 Å². The van der Waals surface area contributed by atoms with Gasteiger partial charge in [-0.05, 0) is 26.0 Å². The van der Waals surface area contributed by atoms with E-state index >= 15 is 0 Å². The van der Waals surface area contributed by atoms with Crippen molar-refractivity contribution in [3.63, 3.8) is 0 Å². The van der Waals surface area contributed by atoms with Crippen LogP contribution in [0, 0.1) is 13.8 Å². The van der Waals surface area contributed by atoms with Crippen molar-refractivity contribution in [1.82, 2.24) is 9.55 Å². The number of benzene rings is 1. The van der Waals surface area contributed by atoms with Crippen LogP contribution in [0.2, 0.25) is 0 Å². The maximum atomic E-state index is 11.6. The number of rotatable bonds is 1. The zero-order chi connectivity index (χ0) is 12.6. The Hall–Kier alpha value is -2.30. The quantitative estimate of drug-likeness (QED) is 0.765. The summed E-state index contributed by atoms with van der Waals surface area (Å²) < 4.78 is 1.07. The standard InChI is InChI=1S/C12H12N2O3/c1-7-3-5-9(6-4-7)14-11(16)8(2)10(15)13-12(14)17/h3-6,16H,1-2H3,(H,13,15,17). The third-order valence-electron chi connectivity index (χ3n) is 2.60. The summed E-state index contributed by atoms with van der Waals surface area (Å²) in [6.45, 7) is 3.38. The number of hydrogen-bond donors (Lipinski definition) is 2. The average Bonchev–Trinajstić information content (AvgIpc) is 2.29. The molecule has 0 amide bonds. The zero-order valence-corrected chi connectivity index (χ0v) is 9.52. The molecule has 2 N–H and O–H groups in total. The lowest BCUT2D eigenvalue weighted by molar-refractivity contribution is 0.426. The van der Waals surface area contributed by atoms with Gasteiger partial charge in [0.1, 0.15) is 0 Å². The first-order chi connectivity index (χ1) is 8.00. The molecule has 88 valence electrons. The average molecular weight is 232 g/mol. The molecule has 0 aliphatic carbocycles. The molecule has 0 fully saturated rings. The molecule has 0 spiro atoms. The third kappa shape index (κ3) is 1.87. The van der Waals surface area contributed by atoms with Crippen molar-refractivity contribution in [2.75, 3.05) is 0 Å². The monoisotopic (exact) mass is 232 g/mol. The smallest absolute Gasteiger partial charge is 0.335 e. The van der Waals surface area contributed by atoms with Gasteiger partial charge in [-0.25, -0.2) is 9.36 Å². The van der Waals surface area contributed by atoms with Crippen molar-refractivity contribution in [3.05, 3.63) is 56.2 Å². The fraction of sp³-hybridized carbons (Fsp3) is 0.167. The first-order valence-electron chi connectivity index (χ1n) is 5.12. The van der Waals surface area contributed by atoms with Gasteiger partial charge in [0, 0.05) is 0 Å². The maximum absolute atomic E-state index is 11.6. The number of aromatic amines is 1. The Balaban J connectivity index is 2.76. The van der Waals surface area contributed by atoms with Crippen LogP contribution in [-0.2, 0) is 0 Å². The highest BCUT2D eigenvalue weighted by atomic mass is 16.3. The Labute approximate surface area is 97.0 Å². The van der Waals surface area contributed by atoms with Crippen molar-refractivity contribution in [1.29, 1.82) is 0 Å². The second kappa shape index (κ2) is 3.93.